The number of amides is 1. The van der Waals surface area contributed by atoms with Gasteiger partial charge in [0.15, 0.2) is 9.84 Å². The Bertz CT molecular complexity index is 544. The van der Waals surface area contributed by atoms with Gasteiger partial charge in [0.05, 0.1) is 22.9 Å². The first-order valence-electron chi connectivity index (χ1n) is 6.14. The van der Waals surface area contributed by atoms with Crippen molar-refractivity contribution in [3.63, 3.8) is 0 Å². The quantitative estimate of drug-likeness (QED) is 0.848. The fourth-order valence-electron chi connectivity index (χ4n) is 2.12. The van der Waals surface area contributed by atoms with Gasteiger partial charge in [-0.25, -0.2) is 8.42 Å². The van der Waals surface area contributed by atoms with E-state index in [0.717, 1.165) is 5.56 Å². The van der Waals surface area contributed by atoms with Crippen LogP contribution in [0.25, 0.3) is 0 Å². The van der Waals surface area contributed by atoms with Crippen molar-refractivity contribution in [1.82, 2.24) is 5.32 Å². The molecule has 104 valence electrons. The Morgan fingerprint density at radius 1 is 1.26 bits per heavy atom. The Labute approximate surface area is 118 Å². The Balaban J connectivity index is 1.82. The van der Waals surface area contributed by atoms with Crippen LogP contribution in [0.4, 0.5) is 0 Å². The number of carbonyl (C=O) groups is 1. The zero-order chi connectivity index (χ0) is 13.9. The molecule has 19 heavy (non-hydrogen) atoms. The standard InChI is InChI=1S/C13H16ClNO3S/c14-11-8-19(17,18)9-12(11)15-13(16)7-6-10-4-2-1-3-5-10/h1-5,11-12H,6-9H2,(H,15,16)/t11-,12+/m1/s1. The fourth-order valence-corrected chi connectivity index (χ4v) is 4.67. The third kappa shape index (κ3) is 4.21. The predicted octanol–water partition coefficient (Wildman–Crippen LogP) is 1.14. The van der Waals surface area contributed by atoms with E-state index < -0.39 is 21.3 Å². The van der Waals surface area contributed by atoms with Crippen molar-refractivity contribution in [3.8, 4) is 0 Å². The monoisotopic (exact) mass is 301 g/mol. The minimum Gasteiger partial charge on any atom is -0.351 e. The van der Waals surface area contributed by atoms with E-state index in [-0.39, 0.29) is 17.4 Å². The maximum absolute atomic E-state index is 11.8. The summed E-state index contributed by atoms with van der Waals surface area (Å²) >= 11 is 5.93. The number of sulfone groups is 1. The van der Waals surface area contributed by atoms with Gasteiger partial charge in [-0.05, 0) is 12.0 Å². The summed E-state index contributed by atoms with van der Waals surface area (Å²) in [5, 5.41) is 2.18. The number of rotatable bonds is 4. The third-order valence-corrected chi connectivity index (χ3v) is 5.49. The van der Waals surface area contributed by atoms with Crippen LogP contribution in [0.15, 0.2) is 30.3 Å². The number of hydrogen-bond donors (Lipinski definition) is 1. The molecule has 4 nitrogen and oxygen atoms in total. The first kappa shape index (κ1) is 14.3. The molecule has 0 spiro atoms. The number of alkyl halides is 1. The van der Waals surface area contributed by atoms with Crippen molar-refractivity contribution < 1.29 is 13.2 Å². The van der Waals surface area contributed by atoms with E-state index in [1.54, 1.807) is 0 Å². The number of nitrogens with one attached hydrogen (secondary N) is 1. The second kappa shape index (κ2) is 5.92. The summed E-state index contributed by atoms with van der Waals surface area (Å²) in [5.41, 5.74) is 1.08. The first-order valence-corrected chi connectivity index (χ1v) is 8.40. The largest absolute Gasteiger partial charge is 0.351 e. The number of aryl methyl sites for hydroxylation is 1. The Morgan fingerprint density at radius 3 is 2.53 bits per heavy atom. The lowest BCUT2D eigenvalue weighted by atomic mass is 10.1. The predicted molar refractivity (Wildman–Crippen MR) is 75.0 cm³/mol. The van der Waals surface area contributed by atoms with Gasteiger partial charge in [0.25, 0.3) is 0 Å². The van der Waals surface area contributed by atoms with Gasteiger partial charge < -0.3 is 5.32 Å². The Morgan fingerprint density at radius 2 is 1.95 bits per heavy atom. The minimum atomic E-state index is -3.10. The van der Waals surface area contributed by atoms with Crippen LogP contribution in [-0.2, 0) is 21.1 Å². The van der Waals surface area contributed by atoms with E-state index in [9.17, 15) is 13.2 Å². The maximum Gasteiger partial charge on any atom is 0.220 e. The number of carbonyl (C=O) groups excluding carboxylic acids is 1. The van der Waals surface area contributed by atoms with Gasteiger partial charge in [-0.15, -0.1) is 11.6 Å². The van der Waals surface area contributed by atoms with Crippen LogP contribution in [0.5, 0.6) is 0 Å². The lowest BCUT2D eigenvalue weighted by Crippen LogP contribution is -2.40. The van der Waals surface area contributed by atoms with Crippen molar-refractivity contribution in [2.75, 3.05) is 11.5 Å². The van der Waals surface area contributed by atoms with Crippen molar-refractivity contribution in [1.29, 1.82) is 0 Å². The van der Waals surface area contributed by atoms with Crippen molar-refractivity contribution >= 4 is 27.3 Å². The molecule has 1 amide bonds. The van der Waals surface area contributed by atoms with Crippen LogP contribution in [0, 0.1) is 0 Å². The van der Waals surface area contributed by atoms with Crippen LogP contribution in [-0.4, -0.2) is 37.2 Å². The molecule has 1 aliphatic heterocycles. The normalized spacial score (nSPS) is 25.1. The summed E-state index contributed by atoms with van der Waals surface area (Å²) in [6, 6.07) is 9.22. The molecule has 1 aliphatic rings. The van der Waals surface area contributed by atoms with Gasteiger partial charge in [-0.1, -0.05) is 30.3 Å². The lowest BCUT2D eigenvalue weighted by molar-refractivity contribution is -0.121. The van der Waals surface area contributed by atoms with E-state index in [1.165, 1.54) is 0 Å². The zero-order valence-corrected chi connectivity index (χ0v) is 12.0. The van der Waals surface area contributed by atoms with Gasteiger partial charge in [0.2, 0.25) is 5.91 Å². The molecule has 1 saturated heterocycles. The second-order valence-corrected chi connectivity index (χ2v) is 7.47. The van der Waals surface area contributed by atoms with E-state index in [4.69, 9.17) is 11.6 Å². The van der Waals surface area contributed by atoms with Crippen molar-refractivity contribution in [2.45, 2.75) is 24.3 Å². The topological polar surface area (TPSA) is 63.2 Å². The van der Waals surface area contributed by atoms with Gasteiger partial charge in [0, 0.05) is 6.42 Å². The molecule has 1 heterocycles. The van der Waals surface area contributed by atoms with Gasteiger partial charge in [-0.2, -0.15) is 0 Å². The highest BCUT2D eigenvalue weighted by Gasteiger charge is 2.37. The van der Waals surface area contributed by atoms with Crippen LogP contribution in [0.1, 0.15) is 12.0 Å². The van der Waals surface area contributed by atoms with E-state index >= 15 is 0 Å². The van der Waals surface area contributed by atoms with Crippen LogP contribution < -0.4 is 5.32 Å². The van der Waals surface area contributed by atoms with E-state index in [1.807, 2.05) is 30.3 Å². The second-order valence-electron chi connectivity index (χ2n) is 4.75. The van der Waals surface area contributed by atoms with Crippen LogP contribution >= 0.6 is 11.6 Å². The average molecular weight is 302 g/mol. The van der Waals surface area contributed by atoms with Gasteiger partial charge >= 0.3 is 0 Å². The zero-order valence-electron chi connectivity index (χ0n) is 10.4. The lowest BCUT2D eigenvalue weighted by Gasteiger charge is -2.14. The molecular weight excluding hydrogens is 286 g/mol. The molecular formula is C13H16ClNO3S. The number of benzene rings is 1. The number of hydrogen-bond acceptors (Lipinski definition) is 3. The van der Waals surface area contributed by atoms with Crippen LogP contribution in [0.2, 0.25) is 0 Å². The smallest absolute Gasteiger partial charge is 0.220 e. The molecule has 0 aromatic heterocycles. The SMILES string of the molecule is O=C(CCc1ccccc1)N[C@H]1CS(=O)(=O)C[C@H]1Cl. The summed E-state index contributed by atoms with van der Waals surface area (Å²) in [6.45, 7) is 0. The van der Waals surface area contributed by atoms with Gasteiger partial charge in [-0.3, -0.25) is 4.79 Å². The Kier molecular flexibility index (Phi) is 4.47. The highest BCUT2D eigenvalue weighted by Crippen LogP contribution is 2.18. The Hall–Kier alpha value is -1.07. The molecule has 0 bridgehead atoms. The summed E-state index contributed by atoms with van der Waals surface area (Å²) in [6.07, 6.45) is 0.975. The number of halogens is 1. The molecule has 6 heteroatoms. The summed E-state index contributed by atoms with van der Waals surface area (Å²) < 4.78 is 22.8. The molecule has 1 fully saturated rings. The first-order chi connectivity index (χ1) is 8.96. The molecule has 0 unspecified atom stereocenters. The summed E-state index contributed by atoms with van der Waals surface area (Å²) in [5.74, 6) is -0.271. The van der Waals surface area contributed by atoms with Crippen molar-refractivity contribution in [2.24, 2.45) is 0 Å². The van der Waals surface area contributed by atoms with Crippen molar-refractivity contribution in [3.05, 3.63) is 35.9 Å². The molecule has 0 aliphatic carbocycles. The average Bonchev–Trinajstić information content (AvgIpc) is 2.61. The highest BCUT2D eigenvalue weighted by molar-refractivity contribution is 7.91. The minimum absolute atomic E-state index is 0.0573. The van der Waals surface area contributed by atoms with Crippen LogP contribution in [0.3, 0.4) is 0 Å². The molecule has 0 saturated carbocycles. The molecule has 2 rings (SSSR count). The fraction of sp³-hybridized carbons (Fsp3) is 0.462. The van der Waals surface area contributed by atoms with E-state index in [2.05, 4.69) is 5.32 Å². The van der Waals surface area contributed by atoms with Gasteiger partial charge in [0.1, 0.15) is 0 Å². The third-order valence-electron chi connectivity index (χ3n) is 3.11. The molecule has 2 atom stereocenters. The molecule has 1 N–H and O–H groups in total. The molecule has 1 aromatic rings. The molecule has 1 aromatic carbocycles. The highest BCUT2D eigenvalue weighted by atomic mass is 35.5. The maximum atomic E-state index is 11.8. The molecule has 0 radical (unpaired) electrons. The summed E-state index contributed by atoms with van der Waals surface area (Å²) in [4.78, 5) is 11.8. The van der Waals surface area contributed by atoms with E-state index in [0.29, 0.717) is 12.8 Å². The summed E-state index contributed by atoms with van der Waals surface area (Å²) in [7, 11) is -3.10.